The number of ether oxygens (including phenoxy) is 8. The molecule has 0 bridgehead atoms. The summed E-state index contributed by atoms with van der Waals surface area (Å²) in [6.45, 7) is 0.964. The van der Waals surface area contributed by atoms with Crippen molar-refractivity contribution in [3.8, 4) is 57.5 Å². The fourth-order valence-corrected chi connectivity index (χ4v) is 7.72. The number of hydrogen-bond donors (Lipinski definition) is 11. The number of methoxy groups -OCH3 is 2. The lowest BCUT2D eigenvalue weighted by Gasteiger charge is -2.42. The lowest BCUT2D eigenvalue weighted by molar-refractivity contribution is -0.318. The molecule has 0 radical (unpaired) electrons. The van der Waals surface area contributed by atoms with Gasteiger partial charge in [-0.05, 0) is 42.3 Å². The Labute approximate surface area is 369 Å². The third-order valence-electron chi connectivity index (χ3n) is 11.3. The number of rotatable bonds is 9. The molecule has 11 N–H and O–H groups in total. The Morgan fingerprint density at radius 2 is 1.08 bits per heavy atom. The van der Waals surface area contributed by atoms with Crippen LogP contribution in [0.3, 0.4) is 0 Å². The van der Waals surface area contributed by atoms with Gasteiger partial charge in [0.05, 0.1) is 39.8 Å². The maximum atomic E-state index is 12.9. The first-order valence-electron chi connectivity index (χ1n) is 20.1. The molecule has 21 nitrogen and oxygen atoms in total. The standard InChI is InChI=1S/C28H34O15.C16H14O6/c1-10-21(32)23(34)25(36)27(40-10)39-9-19-22(33)24(35)26(37)28(43-19)41-12-6-14(30)20-15(31)8-17(42-18(20)7-12)11-3-4-16(38-2)13(29)5-11;1-21-13-3-2-8(4-10(13)18)14-7-12(20)16-11(19)5-9(17)6-15(16)22-14/h3-7,10,17,19,21-30,32-37H,8-9H2,1-2H3;2-6,14,17-19H,7H2,1H3/t10-,17-,19+,21-,22+,23+,24-,25+,26+,27+,28+;14-/m00/s1. The number of aromatic hydroxyl groups is 5. The average Bonchev–Trinajstić information content (AvgIpc) is 3.26. The highest BCUT2D eigenvalue weighted by Gasteiger charge is 2.47. The number of aliphatic hydroxyl groups is 6. The van der Waals surface area contributed by atoms with Gasteiger partial charge < -0.3 is 94.1 Å². The molecule has 12 atom stereocenters. The Bertz CT molecular complexity index is 2390. The van der Waals surface area contributed by atoms with Crippen LogP contribution in [0.2, 0.25) is 0 Å². The number of ketones is 2. The van der Waals surface area contributed by atoms with Crippen LogP contribution < -0.4 is 23.7 Å². The molecule has 2 fully saturated rings. The van der Waals surface area contributed by atoms with Crippen molar-refractivity contribution >= 4 is 11.6 Å². The molecule has 4 heterocycles. The minimum absolute atomic E-state index is 0.0249. The Balaban J connectivity index is 0.000000239. The summed E-state index contributed by atoms with van der Waals surface area (Å²) in [7, 11) is 2.84. The topological polar surface area (TPSA) is 331 Å². The molecule has 0 unspecified atom stereocenters. The molecule has 0 aliphatic carbocycles. The van der Waals surface area contributed by atoms with Crippen molar-refractivity contribution in [3.05, 3.63) is 82.9 Å². The van der Waals surface area contributed by atoms with E-state index in [0.717, 1.165) is 12.1 Å². The van der Waals surface area contributed by atoms with Crippen LogP contribution in [-0.4, -0.2) is 150 Å². The number of fused-ring (bicyclic) bond motifs is 2. The summed E-state index contributed by atoms with van der Waals surface area (Å²) >= 11 is 0. The van der Waals surface area contributed by atoms with E-state index in [4.69, 9.17) is 37.9 Å². The molecule has 0 spiro atoms. The summed E-state index contributed by atoms with van der Waals surface area (Å²) in [4.78, 5) is 25.1. The number of carbonyl (C=O) groups excluding carboxylic acids is 2. The second-order valence-electron chi connectivity index (χ2n) is 15.6. The number of phenolic OH excluding ortho intramolecular Hbond substituents is 5. The highest BCUT2D eigenvalue weighted by atomic mass is 16.7. The van der Waals surface area contributed by atoms with E-state index in [1.54, 1.807) is 18.2 Å². The molecule has 4 aromatic carbocycles. The second kappa shape index (κ2) is 19.1. The quantitative estimate of drug-likeness (QED) is 0.113. The third-order valence-corrected chi connectivity index (χ3v) is 11.3. The normalized spacial score (nSPS) is 29.5. The molecular weight excluding hydrogens is 864 g/mol. The maximum Gasteiger partial charge on any atom is 0.229 e. The van der Waals surface area contributed by atoms with E-state index < -0.39 is 91.8 Å². The molecule has 0 aromatic heterocycles. The zero-order chi connectivity index (χ0) is 47.0. The van der Waals surface area contributed by atoms with Crippen LogP contribution >= 0.6 is 0 Å². The van der Waals surface area contributed by atoms with Gasteiger partial charge in [0, 0.05) is 24.3 Å². The van der Waals surface area contributed by atoms with Crippen LogP contribution in [0.1, 0.15) is 63.8 Å². The highest BCUT2D eigenvalue weighted by molar-refractivity contribution is 6.03. The van der Waals surface area contributed by atoms with Gasteiger partial charge in [-0.2, -0.15) is 0 Å². The molecule has 350 valence electrons. The van der Waals surface area contributed by atoms with Gasteiger partial charge in [-0.25, -0.2) is 0 Å². The van der Waals surface area contributed by atoms with Crippen LogP contribution in [-0.2, 0) is 14.2 Å². The van der Waals surface area contributed by atoms with E-state index in [9.17, 15) is 65.8 Å². The molecule has 8 rings (SSSR count). The lowest BCUT2D eigenvalue weighted by Crippen LogP contribution is -2.61. The summed E-state index contributed by atoms with van der Waals surface area (Å²) < 4.78 is 43.8. The van der Waals surface area contributed by atoms with E-state index in [-0.39, 0.29) is 75.7 Å². The van der Waals surface area contributed by atoms with Crippen molar-refractivity contribution in [2.75, 3.05) is 20.8 Å². The van der Waals surface area contributed by atoms with E-state index in [1.807, 2.05) is 0 Å². The first-order valence-corrected chi connectivity index (χ1v) is 20.1. The zero-order valence-electron chi connectivity index (χ0n) is 34.8. The molecule has 2 saturated heterocycles. The van der Waals surface area contributed by atoms with Crippen molar-refractivity contribution in [3.63, 3.8) is 0 Å². The number of aliphatic hydroxyl groups excluding tert-OH is 6. The first-order chi connectivity index (χ1) is 30.9. The first kappa shape index (κ1) is 46.8. The third kappa shape index (κ3) is 9.64. The lowest BCUT2D eigenvalue weighted by atomic mass is 9.95. The number of Topliss-reactive ketones (excluding diaryl/α,β-unsaturated/α-hetero) is 2. The highest BCUT2D eigenvalue weighted by Crippen LogP contribution is 2.45. The molecule has 4 aliphatic heterocycles. The maximum absolute atomic E-state index is 12.9. The molecule has 0 saturated carbocycles. The summed E-state index contributed by atoms with van der Waals surface area (Å²) in [6, 6.07) is 14.0. The van der Waals surface area contributed by atoms with Crippen molar-refractivity contribution in [1.29, 1.82) is 0 Å². The number of hydrogen-bond acceptors (Lipinski definition) is 21. The van der Waals surface area contributed by atoms with Gasteiger partial charge in [-0.15, -0.1) is 0 Å². The van der Waals surface area contributed by atoms with Crippen LogP contribution in [0.4, 0.5) is 0 Å². The van der Waals surface area contributed by atoms with Crippen LogP contribution in [0.15, 0.2) is 60.7 Å². The van der Waals surface area contributed by atoms with Crippen LogP contribution in [0, 0.1) is 0 Å². The largest absolute Gasteiger partial charge is 0.508 e. The zero-order valence-corrected chi connectivity index (χ0v) is 34.8. The second-order valence-corrected chi connectivity index (χ2v) is 15.6. The number of benzene rings is 4. The molecule has 0 amide bonds. The number of phenols is 5. The Morgan fingerprint density at radius 3 is 1.62 bits per heavy atom. The molecular formula is C44H48O21. The Kier molecular flexibility index (Phi) is 13.8. The minimum atomic E-state index is -1.77. The predicted molar refractivity (Wildman–Crippen MR) is 217 cm³/mol. The van der Waals surface area contributed by atoms with E-state index in [2.05, 4.69) is 0 Å². The molecule has 4 aliphatic rings. The summed E-state index contributed by atoms with van der Waals surface area (Å²) in [5.41, 5.74) is 1.03. The Morgan fingerprint density at radius 1 is 0.569 bits per heavy atom. The van der Waals surface area contributed by atoms with Crippen LogP contribution in [0.5, 0.6) is 57.5 Å². The van der Waals surface area contributed by atoms with Gasteiger partial charge in [0.25, 0.3) is 0 Å². The molecule has 4 aromatic rings. The molecule has 65 heavy (non-hydrogen) atoms. The van der Waals surface area contributed by atoms with Gasteiger partial charge in [-0.3, -0.25) is 9.59 Å². The SMILES string of the molecule is COc1ccc([C@@H]2CC(=O)c3c(O)cc(O)cc3O2)cc1O.COc1ccc([C@@H]2CC(=O)c3c(O)cc(O[C@@H]4O[C@H](CO[C@@H]5O[C@@H](C)[C@H](O)[C@@H](O)[C@H]5O)[C@@H](O)[C@H](O)[C@H]4O)cc3O2)cc1O. The average molecular weight is 913 g/mol. The van der Waals surface area contributed by atoms with Gasteiger partial charge >= 0.3 is 0 Å². The minimum Gasteiger partial charge on any atom is -0.508 e. The van der Waals surface area contributed by atoms with E-state index >= 15 is 0 Å². The van der Waals surface area contributed by atoms with Crippen molar-refractivity contribution in [1.82, 2.24) is 0 Å². The van der Waals surface area contributed by atoms with Crippen molar-refractivity contribution in [2.24, 2.45) is 0 Å². The summed E-state index contributed by atoms with van der Waals surface area (Å²) in [5, 5.41) is 111. The summed E-state index contributed by atoms with van der Waals surface area (Å²) in [5.74, 6) is -1.41. The van der Waals surface area contributed by atoms with Gasteiger partial charge in [0.15, 0.2) is 40.9 Å². The predicted octanol–water partition coefficient (Wildman–Crippen LogP) is 1.36. The van der Waals surface area contributed by atoms with Crippen LogP contribution in [0.25, 0.3) is 0 Å². The van der Waals surface area contributed by atoms with E-state index in [1.165, 1.54) is 51.5 Å². The Hall–Kier alpha value is -6.14. The van der Waals surface area contributed by atoms with Crippen molar-refractivity contribution in [2.45, 2.75) is 93.4 Å². The molecule has 21 heteroatoms. The monoisotopic (exact) mass is 912 g/mol. The van der Waals surface area contributed by atoms with Gasteiger partial charge in [-0.1, -0.05) is 12.1 Å². The van der Waals surface area contributed by atoms with Crippen molar-refractivity contribution < 1.29 is 104 Å². The summed E-state index contributed by atoms with van der Waals surface area (Å²) in [6.07, 6.45) is -16.5. The van der Waals surface area contributed by atoms with Gasteiger partial charge in [0.1, 0.15) is 101 Å². The fourth-order valence-electron chi connectivity index (χ4n) is 7.72. The van der Waals surface area contributed by atoms with E-state index in [0.29, 0.717) is 16.9 Å². The van der Waals surface area contributed by atoms with Gasteiger partial charge in [0.2, 0.25) is 6.29 Å². The number of carbonyl (C=O) groups is 2. The smallest absolute Gasteiger partial charge is 0.229 e. The fraction of sp³-hybridized carbons (Fsp3) is 0.409.